The molecule has 27 nitrogen and oxygen atoms in total. The first kappa shape index (κ1) is 72.6. The number of hydrogen-bond donors (Lipinski definition) is 12. The van der Waals surface area contributed by atoms with Gasteiger partial charge in [-0.15, -0.1) is 0 Å². The molecule has 9 rings (SSSR count). The Morgan fingerprint density at radius 1 is 0.587 bits per heavy atom. The zero-order valence-electron chi connectivity index (χ0n) is 54.8. The van der Waals surface area contributed by atoms with Gasteiger partial charge in [0.05, 0.1) is 43.5 Å². The molecule has 522 valence electrons. The highest BCUT2D eigenvalue weighted by molar-refractivity contribution is 5.88. The standard InChI is InChI=1S/C65H100O27/c1-14-27(3)54(80)87-46-29(5)82-58(45(77)48(46)88-55(81)28(4)15-2)92-51-52(83-30(6)69)65(26-68)32(22-60(51,7)8)31-16-17-36-62(11)20-19-38(61(9,10)35(62)18-21-63(36,12)64(31,13)23-37(65)70)86-59-50(91-57-43(75)41(73)39(71)33(24-66)84-57)47(44(76)49(90-59)53(78)79)89-56-42(74)40(72)34(25-67)85-56/h14-16,29,32-52,56-59,66-68,70-77H,17-26H2,1-13H3,(H,78,79)/b27-14-,28-15-/t29?,32?,33?,34-,35?,36?,37-,38+,39+,40+,41+,42?,43?,44-,45?,46+,47+,48-,49?,50?,51+,52+,56+,57+,58+,59-,62+,63-,64-,65+/m1/s1. The highest BCUT2D eigenvalue weighted by Gasteiger charge is 2.74. The van der Waals surface area contributed by atoms with Crippen molar-refractivity contribution in [2.75, 3.05) is 19.8 Å². The molecule has 92 heavy (non-hydrogen) atoms. The second-order valence-corrected chi connectivity index (χ2v) is 29.3. The molecule has 8 fully saturated rings. The zero-order valence-corrected chi connectivity index (χ0v) is 54.8. The van der Waals surface area contributed by atoms with Gasteiger partial charge >= 0.3 is 23.9 Å². The molecule has 5 aliphatic carbocycles. The number of aliphatic carboxylic acids is 1. The molecular formula is C65H100O27. The molecule has 0 aromatic heterocycles. The van der Waals surface area contributed by atoms with Gasteiger partial charge in [0.25, 0.3) is 0 Å². The number of fused-ring (bicyclic) bond motifs is 7. The lowest BCUT2D eigenvalue weighted by Crippen LogP contribution is -2.73. The SMILES string of the molecule is C/C=C(/C)C(=O)O[C@@H]1C(O)[C@H](O[C@H]2[C@H](OC(C)=O)[C@@]3(CO)C(CC2(C)C)C2=CCC4[C@@]5(C)CC[C@H](O[C@@H]6OC(C(=O)O)[C@H](O)[C@H](O[C@@H]7O[C@H](CO)[C@H](O)C7O)C6O[C@@H]6OC(CO)[C@H](O)[C@H](O)C6O)C(C)(C)C5CC[C@@]4(C)[C@]2(C)C[C@H]3O)OC(C)[C@@H]1OC(=O)/C(C)=C\C. The molecule has 9 aliphatic rings. The first-order valence-corrected chi connectivity index (χ1v) is 32.3. The smallest absolute Gasteiger partial charge is 0.335 e. The van der Waals surface area contributed by atoms with Crippen molar-refractivity contribution in [3.8, 4) is 0 Å². The van der Waals surface area contributed by atoms with E-state index < -0.39 is 223 Å². The lowest BCUT2D eigenvalue weighted by atomic mass is 9.33. The van der Waals surface area contributed by atoms with E-state index in [4.69, 9.17) is 52.1 Å². The number of aliphatic hydroxyl groups excluding tert-OH is 11. The van der Waals surface area contributed by atoms with Crippen molar-refractivity contribution in [3.05, 3.63) is 34.9 Å². The molecule has 0 aromatic carbocycles. The minimum Gasteiger partial charge on any atom is -0.479 e. The van der Waals surface area contributed by atoms with Crippen molar-refractivity contribution in [1.29, 1.82) is 0 Å². The fourth-order valence-electron chi connectivity index (χ4n) is 17.9. The molecular weight excluding hydrogens is 1210 g/mol. The fourth-order valence-corrected chi connectivity index (χ4v) is 17.9. The normalized spacial score (nSPS) is 48.4. The summed E-state index contributed by atoms with van der Waals surface area (Å²) in [5, 5.41) is 134. The van der Waals surface area contributed by atoms with Crippen LogP contribution < -0.4 is 0 Å². The first-order valence-electron chi connectivity index (χ1n) is 32.3. The summed E-state index contributed by atoms with van der Waals surface area (Å²) in [5.74, 6) is -4.65. The van der Waals surface area contributed by atoms with Crippen molar-refractivity contribution in [2.45, 2.75) is 276 Å². The number of ether oxygens (including phenoxy) is 11. The zero-order chi connectivity index (χ0) is 68.0. The lowest BCUT2D eigenvalue weighted by Gasteiger charge is -2.72. The number of allylic oxidation sites excluding steroid dienone is 4. The molecule has 0 bridgehead atoms. The molecule has 4 saturated heterocycles. The Morgan fingerprint density at radius 2 is 1.14 bits per heavy atom. The molecule has 4 saturated carbocycles. The average Bonchev–Trinajstić information content (AvgIpc) is 0.736. The third-order valence-electron chi connectivity index (χ3n) is 23.6. The van der Waals surface area contributed by atoms with Crippen molar-refractivity contribution in [3.63, 3.8) is 0 Å². The number of carbonyl (C=O) groups is 4. The number of carboxylic acid groups (broad SMARTS) is 1. The summed E-state index contributed by atoms with van der Waals surface area (Å²) in [6.07, 6.45) is -28.8. The van der Waals surface area contributed by atoms with E-state index in [1.54, 1.807) is 33.8 Å². The maximum atomic E-state index is 13.5. The Labute approximate surface area is 535 Å². The summed E-state index contributed by atoms with van der Waals surface area (Å²) >= 11 is 0. The van der Waals surface area contributed by atoms with Crippen LogP contribution in [0.4, 0.5) is 0 Å². The van der Waals surface area contributed by atoms with Gasteiger partial charge in [-0.3, -0.25) is 4.79 Å². The van der Waals surface area contributed by atoms with Crippen molar-refractivity contribution in [1.82, 2.24) is 0 Å². The predicted octanol–water partition coefficient (Wildman–Crippen LogP) is 0.715. The summed E-state index contributed by atoms with van der Waals surface area (Å²) in [6, 6.07) is 0. The summed E-state index contributed by atoms with van der Waals surface area (Å²) in [6.45, 7) is 21.5. The maximum absolute atomic E-state index is 13.5. The maximum Gasteiger partial charge on any atom is 0.335 e. The van der Waals surface area contributed by atoms with Crippen LogP contribution in [0.25, 0.3) is 0 Å². The van der Waals surface area contributed by atoms with Gasteiger partial charge < -0.3 is 113 Å². The second kappa shape index (κ2) is 27.0. The largest absolute Gasteiger partial charge is 0.479 e. The Kier molecular flexibility index (Phi) is 21.3. The molecule has 10 unspecified atom stereocenters. The van der Waals surface area contributed by atoms with E-state index in [9.17, 15) is 80.5 Å². The monoisotopic (exact) mass is 1310 g/mol. The third-order valence-corrected chi connectivity index (χ3v) is 23.6. The van der Waals surface area contributed by atoms with Crippen molar-refractivity contribution in [2.24, 2.45) is 50.2 Å². The summed E-state index contributed by atoms with van der Waals surface area (Å²) < 4.78 is 67.8. The van der Waals surface area contributed by atoms with Crippen molar-refractivity contribution >= 4 is 23.9 Å². The number of rotatable bonds is 17. The number of hydrogen-bond acceptors (Lipinski definition) is 26. The molecule has 27 heteroatoms. The van der Waals surface area contributed by atoms with Gasteiger partial charge in [0.15, 0.2) is 43.5 Å². The number of carbonyl (C=O) groups excluding carboxylic acids is 3. The molecule has 0 spiro atoms. The van der Waals surface area contributed by atoms with Crippen LogP contribution in [0.3, 0.4) is 0 Å². The van der Waals surface area contributed by atoms with Gasteiger partial charge in [-0.2, -0.15) is 0 Å². The molecule has 0 amide bonds. The van der Waals surface area contributed by atoms with E-state index in [1.807, 2.05) is 27.7 Å². The topological polar surface area (TPSA) is 413 Å². The predicted molar refractivity (Wildman–Crippen MR) is 316 cm³/mol. The minimum atomic E-state index is -2.13. The Hall–Kier alpha value is -3.66. The van der Waals surface area contributed by atoms with Gasteiger partial charge in [-0.05, 0) is 124 Å². The van der Waals surface area contributed by atoms with Gasteiger partial charge in [0.1, 0.15) is 79.4 Å². The Balaban J connectivity index is 1.01. The molecule has 4 aliphatic heterocycles. The average molecular weight is 1310 g/mol. The summed E-state index contributed by atoms with van der Waals surface area (Å²) in [4.78, 5) is 53.0. The molecule has 12 N–H and O–H groups in total. The van der Waals surface area contributed by atoms with Gasteiger partial charge in [-0.25, -0.2) is 14.4 Å². The van der Waals surface area contributed by atoms with Crippen LogP contribution in [-0.2, 0) is 71.3 Å². The van der Waals surface area contributed by atoms with E-state index in [1.165, 1.54) is 19.9 Å². The highest BCUT2D eigenvalue weighted by atomic mass is 16.8. The third kappa shape index (κ3) is 12.2. The van der Waals surface area contributed by atoms with Gasteiger partial charge in [-0.1, -0.05) is 72.3 Å². The lowest BCUT2D eigenvalue weighted by molar-refractivity contribution is -0.386. The number of carboxylic acids is 1. The Morgan fingerprint density at radius 3 is 1.70 bits per heavy atom. The highest BCUT2D eigenvalue weighted by Crippen LogP contribution is 2.76. The number of aliphatic hydroxyl groups is 11. The fraction of sp³-hybridized carbons (Fsp3) is 0.846. The van der Waals surface area contributed by atoms with Crippen LogP contribution in [-0.4, -0.2) is 246 Å². The van der Waals surface area contributed by atoms with E-state index in [2.05, 4.69) is 26.8 Å². The van der Waals surface area contributed by atoms with Crippen LogP contribution in [0.1, 0.15) is 135 Å². The minimum absolute atomic E-state index is 0.0439. The molecule has 30 atom stereocenters. The molecule has 4 heterocycles. The van der Waals surface area contributed by atoms with Crippen molar-refractivity contribution < 1.29 is 133 Å². The van der Waals surface area contributed by atoms with E-state index in [0.717, 1.165) is 5.57 Å². The quantitative estimate of drug-likeness (QED) is 0.0314. The van der Waals surface area contributed by atoms with E-state index >= 15 is 0 Å². The van der Waals surface area contributed by atoms with Gasteiger partial charge in [0, 0.05) is 18.1 Å². The second-order valence-electron chi connectivity index (χ2n) is 29.3. The van der Waals surface area contributed by atoms with E-state index in [-0.39, 0.29) is 35.8 Å². The van der Waals surface area contributed by atoms with Crippen LogP contribution in [0.5, 0.6) is 0 Å². The Bertz CT molecular complexity index is 2790. The first-order chi connectivity index (χ1) is 43.0. The molecule has 0 radical (unpaired) electrons. The summed E-state index contributed by atoms with van der Waals surface area (Å²) in [7, 11) is 0. The molecule has 0 aromatic rings. The van der Waals surface area contributed by atoms with Gasteiger partial charge in [0.2, 0.25) is 0 Å². The van der Waals surface area contributed by atoms with E-state index in [0.29, 0.717) is 32.1 Å². The number of esters is 3. The van der Waals surface area contributed by atoms with Crippen LogP contribution >= 0.6 is 0 Å². The van der Waals surface area contributed by atoms with Crippen LogP contribution in [0, 0.1) is 50.2 Å². The summed E-state index contributed by atoms with van der Waals surface area (Å²) in [5.41, 5.74) is -3.55. The van der Waals surface area contributed by atoms with Crippen LogP contribution in [0.15, 0.2) is 34.9 Å². The van der Waals surface area contributed by atoms with Crippen LogP contribution in [0.2, 0.25) is 0 Å².